The first-order valence-corrected chi connectivity index (χ1v) is 10.8. The molecule has 0 saturated heterocycles. The quantitative estimate of drug-likeness (QED) is 0.570. The number of para-hydroxylation sites is 1. The molecule has 28 heavy (non-hydrogen) atoms. The van der Waals surface area contributed by atoms with Crippen molar-refractivity contribution in [2.24, 2.45) is 0 Å². The summed E-state index contributed by atoms with van der Waals surface area (Å²) in [5.74, 6) is 0.123. The lowest BCUT2D eigenvalue weighted by atomic mass is 10.3. The molecule has 0 fully saturated rings. The summed E-state index contributed by atoms with van der Waals surface area (Å²) in [7, 11) is -5.98. The van der Waals surface area contributed by atoms with E-state index in [0.29, 0.717) is 15.9 Å². The Morgan fingerprint density at radius 2 is 1.79 bits per heavy atom. The smallest absolute Gasteiger partial charge is 0.288 e. The second-order valence-electron chi connectivity index (χ2n) is 5.84. The minimum Gasteiger partial charge on any atom is -0.288 e. The van der Waals surface area contributed by atoms with Crippen molar-refractivity contribution in [2.45, 2.75) is 23.9 Å². The molecule has 0 bridgehead atoms. The average Bonchev–Trinajstić information content (AvgIpc) is 3.06. The maximum absolute atomic E-state index is 12.8. The van der Waals surface area contributed by atoms with E-state index >= 15 is 0 Å². The summed E-state index contributed by atoms with van der Waals surface area (Å²) in [6.45, 7) is 3.49. The average molecular weight is 426 g/mol. The zero-order valence-electron chi connectivity index (χ0n) is 15.5. The van der Waals surface area contributed by atoms with E-state index in [9.17, 15) is 16.8 Å². The van der Waals surface area contributed by atoms with Crippen LogP contribution in [0.15, 0.2) is 40.4 Å². The van der Waals surface area contributed by atoms with E-state index in [4.69, 9.17) is 4.84 Å². The number of benzene rings is 1. The number of hydrogen-bond donors (Lipinski definition) is 1. The molecule has 0 aliphatic carbocycles. The van der Waals surface area contributed by atoms with Crippen molar-refractivity contribution in [3.63, 3.8) is 0 Å². The van der Waals surface area contributed by atoms with E-state index in [0.717, 1.165) is 0 Å². The Morgan fingerprint density at radius 3 is 2.46 bits per heavy atom. The molecule has 1 N–H and O–H groups in total. The minimum atomic E-state index is -4.28. The van der Waals surface area contributed by atoms with Crippen LogP contribution in [-0.2, 0) is 24.9 Å². The first-order valence-electron chi connectivity index (χ1n) is 7.92. The van der Waals surface area contributed by atoms with Crippen molar-refractivity contribution < 1.29 is 21.7 Å². The van der Waals surface area contributed by atoms with E-state index in [2.05, 4.69) is 19.8 Å². The van der Waals surface area contributed by atoms with Gasteiger partial charge in [-0.1, -0.05) is 16.6 Å². The summed E-state index contributed by atoms with van der Waals surface area (Å²) in [6, 6.07) is 7.27. The maximum Gasteiger partial charge on any atom is 0.299 e. The lowest BCUT2D eigenvalue weighted by Crippen LogP contribution is -2.27. The van der Waals surface area contributed by atoms with Crippen LogP contribution in [-0.4, -0.2) is 55.0 Å². The van der Waals surface area contributed by atoms with Crippen molar-refractivity contribution in [2.75, 3.05) is 18.9 Å². The SMILES string of the molecule is CON(C)S(=O)(=O)c1ccccc1NS(=O)(=O)c1nc2nc(C)cc(C)n2n1. The van der Waals surface area contributed by atoms with E-state index in [1.165, 1.54) is 42.9 Å². The van der Waals surface area contributed by atoms with Crippen LogP contribution < -0.4 is 4.72 Å². The predicted octanol–water partition coefficient (Wildman–Crippen LogP) is 0.724. The normalized spacial score (nSPS) is 12.6. The third kappa shape index (κ3) is 3.56. The van der Waals surface area contributed by atoms with Gasteiger partial charge >= 0.3 is 0 Å². The van der Waals surface area contributed by atoms with E-state index < -0.39 is 25.2 Å². The number of anilines is 1. The summed E-state index contributed by atoms with van der Waals surface area (Å²) < 4.78 is 54.8. The molecular formula is C15H18N6O5S2. The third-order valence-electron chi connectivity index (χ3n) is 3.84. The number of fused-ring (bicyclic) bond motifs is 1. The van der Waals surface area contributed by atoms with Crippen molar-refractivity contribution in [3.05, 3.63) is 41.7 Å². The Bertz CT molecular complexity index is 1250. The molecule has 1 aromatic carbocycles. The highest BCUT2D eigenvalue weighted by molar-refractivity contribution is 7.92. The third-order valence-corrected chi connectivity index (χ3v) is 6.72. The number of nitrogens with zero attached hydrogens (tertiary/aromatic N) is 5. The van der Waals surface area contributed by atoms with Crippen LogP contribution >= 0.6 is 0 Å². The summed E-state index contributed by atoms with van der Waals surface area (Å²) in [4.78, 5) is 12.6. The largest absolute Gasteiger partial charge is 0.299 e. The van der Waals surface area contributed by atoms with Crippen molar-refractivity contribution >= 4 is 31.5 Å². The summed E-state index contributed by atoms with van der Waals surface area (Å²) in [5, 5.41) is 3.45. The molecule has 0 aliphatic heterocycles. The lowest BCUT2D eigenvalue weighted by Gasteiger charge is -2.17. The van der Waals surface area contributed by atoms with Crippen LogP contribution in [0.4, 0.5) is 5.69 Å². The van der Waals surface area contributed by atoms with Crippen LogP contribution in [0.25, 0.3) is 5.78 Å². The molecule has 3 rings (SSSR count). The minimum absolute atomic E-state index is 0.123. The number of aryl methyl sites for hydroxylation is 2. The Labute approximate surface area is 162 Å². The molecule has 2 aromatic heterocycles. The number of hydroxylamine groups is 1. The molecule has 150 valence electrons. The van der Waals surface area contributed by atoms with Crippen LogP contribution in [0, 0.1) is 13.8 Å². The van der Waals surface area contributed by atoms with Gasteiger partial charge in [-0.05, 0) is 32.0 Å². The van der Waals surface area contributed by atoms with Crippen LogP contribution in [0.3, 0.4) is 0 Å². The molecule has 0 amide bonds. The van der Waals surface area contributed by atoms with Gasteiger partial charge in [-0.3, -0.25) is 9.56 Å². The van der Waals surface area contributed by atoms with Gasteiger partial charge in [0.05, 0.1) is 12.8 Å². The predicted molar refractivity (Wildman–Crippen MR) is 99.5 cm³/mol. The molecular weight excluding hydrogens is 408 g/mol. The summed E-state index contributed by atoms with van der Waals surface area (Å²) in [5.41, 5.74) is 1.15. The highest BCUT2D eigenvalue weighted by atomic mass is 32.2. The number of rotatable bonds is 6. The molecule has 0 atom stereocenters. The zero-order valence-corrected chi connectivity index (χ0v) is 17.1. The number of sulfonamides is 2. The van der Waals surface area contributed by atoms with Gasteiger partial charge in [-0.25, -0.2) is 17.9 Å². The Kier molecular flexibility index (Phi) is 5.10. The summed E-state index contributed by atoms with van der Waals surface area (Å²) >= 11 is 0. The van der Waals surface area contributed by atoms with Crippen LogP contribution in [0.1, 0.15) is 11.4 Å². The van der Waals surface area contributed by atoms with Crippen LogP contribution in [0.5, 0.6) is 0 Å². The second kappa shape index (κ2) is 7.09. The van der Waals surface area contributed by atoms with Crippen molar-refractivity contribution in [1.29, 1.82) is 0 Å². The molecule has 2 heterocycles. The number of nitrogens with one attached hydrogen (secondary N) is 1. The van der Waals surface area contributed by atoms with Crippen LogP contribution in [0.2, 0.25) is 0 Å². The van der Waals surface area contributed by atoms with E-state index in [1.807, 2.05) is 0 Å². The van der Waals surface area contributed by atoms with E-state index in [1.54, 1.807) is 19.9 Å². The molecule has 0 radical (unpaired) electrons. The standard InChI is InChI=1S/C15H18N6O5S2/c1-10-9-11(2)21-14(16-10)17-15(18-21)27(22,23)19-12-7-5-6-8-13(12)28(24,25)20(3)26-4/h5-9,19H,1-4H3. The first kappa shape index (κ1) is 20.1. The number of hydrogen-bond acceptors (Lipinski definition) is 8. The fourth-order valence-corrected chi connectivity index (χ4v) is 4.60. The van der Waals surface area contributed by atoms with E-state index in [-0.39, 0.29) is 16.4 Å². The fraction of sp³-hybridized carbons (Fsp3) is 0.267. The maximum atomic E-state index is 12.8. The lowest BCUT2D eigenvalue weighted by molar-refractivity contribution is -0.0258. The highest BCUT2D eigenvalue weighted by Crippen LogP contribution is 2.26. The van der Waals surface area contributed by atoms with Gasteiger partial charge in [0.15, 0.2) is 0 Å². The fourth-order valence-electron chi connectivity index (χ4n) is 2.46. The number of aromatic nitrogens is 4. The Hall–Kier alpha value is -2.61. The zero-order chi connectivity index (χ0) is 20.7. The topological polar surface area (TPSA) is 136 Å². The molecule has 0 spiro atoms. The van der Waals surface area contributed by atoms with Gasteiger partial charge in [0.2, 0.25) is 0 Å². The van der Waals surface area contributed by atoms with Gasteiger partial charge in [-0.2, -0.15) is 13.4 Å². The van der Waals surface area contributed by atoms with Gasteiger partial charge in [0.25, 0.3) is 31.0 Å². The molecule has 0 saturated carbocycles. The van der Waals surface area contributed by atoms with Crippen molar-refractivity contribution in [3.8, 4) is 0 Å². The summed E-state index contributed by atoms with van der Waals surface area (Å²) in [6.07, 6.45) is 0. The monoisotopic (exact) mass is 426 g/mol. The molecule has 0 aliphatic rings. The van der Waals surface area contributed by atoms with Gasteiger partial charge < -0.3 is 0 Å². The van der Waals surface area contributed by atoms with Gasteiger partial charge in [0.1, 0.15) is 4.90 Å². The second-order valence-corrected chi connectivity index (χ2v) is 9.32. The van der Waals surface area contributed by atoms with Crippen molar-refractivity contribution in [1.82, 2.24) is 24.1 Å². The molecule has 0 unspecified atom stereocenters. The highest BCUT2D eigenvalue weighted by Gasteiger charge is 2.28. The van der Waals surface area contributed by atoms with Gasteiger partial charge in [0, 0.05) is 18.4 Å². The molecule has 3 aromatic rings. The first-order chi connectivity index (χ1) is 13.1. The Morgan fingerprint density at radius 1 is 1.11 bits per heavy atom. The molecule has 11 nitrogen and oxygen atoms in total. The van der Waals surface area contributed by atoms with Gasteiger partial charge in [-0.15, -0.1) is 5.10 Å². The molecule has 13 heteroatoms. The Balaban J connectivity index is 2.06.